The zero-order chi connectivity index (χ0) is 12.7. The second kappa shape index (κ2) is 4.37. The molecule has 2 aromatic heterocycles. The molecule has 1 aromatic carbocycles. The number of aryl methyl sites for hydroxylation is 1. The van der Waals surface area contributed by atoms with Crippen LogP contribution in [0.5, 0.6) is 0 Å². The Morgan fingerprint density at radius 2 is 1.94 bits per heavy atom. The fourth-order valence-corrected chi connectivity index (χ4v) is 2.64. The first-order valence-corrected chi connectivity index (χ1v) is 6.60. The van der Waals surface area contributed by atoms with Crippen LogP contribution in [0.2, 0.25) is 5.15 Å². The van der Waals surface area contributed by atoms with E-state index in [9.17, 15) is 0 Å². The van der Waals surface area contributed by atoms with E-state index < -0.39 is 0 Å². The Morgan fingerprint density at radius 3 is 2.67 bits per heavy atom. The van der Waals surface area contributed by atoms with Crippen LogP contribution in [0, 0.1) is 6.92 Å². The second-order valence-electron chi connectivity index (χ2n) is 3.93. The number of benzene rings is 1. The molecule has 0 radical (unpaired) electrons. The third-order valence-electron chi connectivity index (χ3n) is 2.78. The lowest BCUT2D eigenvalue weighted by molar-refractivity contribution is 0.999. The topological polar surface area (TPSA) is 30.7 Å². The molecular formula is C13H9BrClN3. The summed E-state index contributed by atoms with van der Waals surface area (Å²) in [5, 5.41) is 0.444. The van der Waals surface area contributed by atoms with E-state index in [0.29, 0.717) is 5.15 Å². The predicted molar refractivity (Wildman–Crippen MR) is 76.3 cm³/mol. The first-order chi connectivity index (χ1) is 8.68. The largest absolute Gasteiger partial charge is 0.295 e. The van der Waals surface area contributed by atoms with E-state index in [1.165, 1.54) is 0 Å². The summed E-state index contributed by atoms with van der Waals surface area (Å²) in [4.78, 5) is 8.60. The number of para-hydroxylation sites is 1. The van der Waals surface area contributed by atoms with Gasteiger partial charge in [0.05, 0.1) is 16.2 Å². The maximum Gasteiger partial charge on any atom is 0.145 e. The third kappa shape index (κ3) is 1.72. The standard InChI is InChI=1S/C13H9BrClN3/c1-8-17-10-7-16-13(15)11(14)12(10)18(8)9-5-3-2-4-6-9/h2-7H,1H3. The van der Waals surface area contributed by atoms with Gasteiger partial charge in [-0.25, -0.2) is 9.97 Å². The van der Waals surface area contributed by atoms with Gasteiger partial charge in [-0.3, -0.25) is 4.57 Å². The molecule has 0 aliphatic rings. The van der Waals surface area contributed by atoms with Crippen molar-refractivity contribution >= 4 is 38.6 Å². The number of imidazole rings is 1. The number of hydrogen-bond donors (Lipinski definition) is 0. The van der Waals surface area contributed by atoms with Gasteiger partial charge in [-0.15, -0.1) is 0 Å². The fourth-order valence-electron chi connectivity index (χ4n) is 2.02. The van der Waals surface area contributed by atoms with Crippen molar-refractivity contribution < 1.29 is 0 Å². The average Bonchev–Trinajstić information content (AvgIpc) is 2.72. The van der Waals surface area contributed by atoms with Crippen molar-refractivity contribution in [3.05, 3.63) is 52.0 Å². The van der Waals surface area contributed by atoms with E-state index in [-0.39, 0.29) is 0 Å². The van der Waals surface area contributed by atoms with Crippen molar-refractivity contribution in [2.75, 3.05) is 0 Å². The van der Waals surface area contributed by atoms with E-state index >= 15 is 0 Å². The van der Waals surface area contributed by atoms with E-state index in [1.54, 1.807) is 6.20 Å². The predicted octanol–water partition coefficient (Wildman–Crippen LogP) is 4.14. The summed E-state index contributed by atoms with van der Waals surface area (Å²) in [6, 6.07) is 10.1. The molecule has 0 bridgehead atoms. The molecule has 2 heterocycles. The van der Waals surface area contributed by atoms with Crippen LogP contribution in [0.4, 0.5) is 0 Å². The monoisotopic (exact) mass is 321 g/mol. The Balaban J connectivity index is 2.42. The van der Waals surface area contributed by atoms with E-state index in [4.69, 9.17) is 11.6 Å². The van der Waals surface area contributed by atoms with Gasteiger partial charge >= 0.3 is 0 Å². The molecule has 0 aliphatic heterocycles. The Hall–Kier alpha value is -1.39. The Labute approximate surface area is 118 Å². The maximum atomic E-state index is 6.06. The van der Waals surface area contributed by atoms with Gasteiger partial charge in [0.15, 0.2) is 0 Å². The highest BCUT2D eigenvalue weighted by Crippen LogP contribution is 2.31. The fraction of sp³-hybridized carbons (Fsp3) is 0.0769. The van der Waals surface area contributed by atoms with Crippen molar-refractivity contribution in [2.24, 2.45) is 0 Å². The molecule has 0 spiro atoms. The van der Waals surface area contributed by atoms with Gasteiger partial charge in [-0.2, -0.15) is 0 Å². The van der Waals surface area contributed by atoms with E-state index in [2.05, 4.69) is 30.5 Å². The Kier molecular flexibility index (Phi) is 2.84. The number of aromatic nitrogens is 3. The molecule has 0 unspecified atom stereocenters. The lowest BCUT2D eigenvalue weighted by Gasteiger charge is -2.07. The molecule has 18 heavy (non-hydrogen) atoms. The highest BCUT2D eigenvalue weighted by atomic mass is 79.9. The Bertz CT molecular complexity index is 722. The van der Waals surface area contributed by atoms with Crippen LogP contribution in [0.15, 0.2) is 41.0 Å². The van der Waals surface area contributed by atoms with E-state index in [1.807, 2.05) is 37.3 Å². The molecule has 3 rings (SSSR count). The summed E-state index contributed by atoms with van der Waals surface area (Å²) in [6.45, 7) is 1.97. The van der Waals surface area contributed by atoms with Crippen molar-refractivity contribution in [1.29, 1.82) is 0 Å². The smallest absolute Gasteiger partial charge is 0.145 e. The van der Waals surface area contributed by atoms with Gasteiger partial charge in [0.25, 0.3) is 0 Å². The lowest BCUT2D eigenvalue weighted by Crippen LogP contribution is -1.97. The van der Waals surface area contributed by atoms with Crippen LogP contribution in [0.3, 0.4) is 0 Å². The van der Waals surface area contributed by atoms with Crippen LogP contribution < -0.4 is 0 Å². The van der Waals surface area contributed by atoms with Crippen LogP contribution in [0.1, 0.15) is 5.82 Å². The van der Waals surface area contributed by atoms with Crippen molar-refractivity contribution in [3.8, 4) is 5.69 Å². The number of fused-ring (bicyclic) bond motifs is 1. The minimum atomic E-state index is 0.444. The lowest BCUT2D eigenvalue weighted by atomic mass is 10.3. The molecule has 3 aromatic rings. The van der Waals surface area contributed by atoms with E-state index in [0.717, 1.165) is 27.0 Å². The first-order valence-electron chi connectivity index (χ1n) is 5.43. The van der Waals surface area contributed by atoms with Crippen LogP contribution in [-0.2, 0) is 0 Å². The van der Waals surface area contributed by atoms with Gasteiger partial charge in [-0.05, 0) is 35.0 Å². The zero-order valence-corrected chi connectivity index (χ0v) is 11.9. The summed E-state index contributed by atoms with van der Waals surface area (Å²) in [7, 11) is 0. The maximum absolute atomic E-state index is 6.06. The molecular weight excluding hydrogens is 314 g/mol. The van der Waals surface area contributed by atoms with Crippen molar-refractivity contribution in [2.45, 2.75) is 6.92 Å². The second-order valence-corrected chi connectivity index (χ2v) is 5.08. The quantitative estimate of drug-likeness (QED) is 0.630. The van der Waals surface area contributed by atoms with Crippen molar-refractivity contribution in [3.63, 3.8) is 0 Å². The average molecular weight is 323 g/mol. The minimum absolute atomic E-state index is 0.444. The molecule has 0 fully saturated rings. The summed E-state index contributed by atoms with van der Waals surface area (Å²) < 4.78 is 2.83. The number of rotatable bonds is 1. The van der Waals surface area contributed by atoms with Gasteiger partial charge in [0, 0.05) is 5.69 Å². The molecule has 0 saturated heterocycles. The van der Waals surface area contributed by atoms with Crippen LogP contribution >= 0.6 is 27.5 Å². The Morgan fingerprint density at radius 1 is 1.22 bits per heavy atom. The highest BCUT2D eigenvalue weighted by Gasteiger charge is 2.14. The summed E-state index contributed by atoms with van der Waals surface area (Å²) in [5.41, 5.74) is 2.83. The molecule has 3 nitrogen and oxygen atoms in total. The number of nitrogens with zero attached hydrogens (tertiary/aromatic N) is 3. The zero-order valence-electron chi connectivity index (χ0n) is 9.56. The normalized spacial score (nSPS) is 11.1. The molecule has 0 N–H and O–H groups in total. The van der Waals surface area contributed by atoms with Gasteiger partial charge < -0.3 is 0 Å². The first kappa shape index (κ1) is 11.7. The number of pyridine rings is 1. The molecule has 0 amide bonds. The summed E-state index contributed by atoms with van der Waals surface area (Å²) in [5.74, 6) is 0.904. The minimum Gasteiger partial charge on any atom is -0.295 e. The molecule has 90 valence electrons. The molecule has 0 atom stereocenters. The summed E-state index contributed by atoms with van der Waals surface area (Å²) >= 11 is 9.54. The number of halogens is 2. The highest BCUT2D eigenvalue weighted by molar-refractivity contribution is 9.10. The van der Waals surface area contributed by atoms with Crippen molar-refractivity contribution in [1.82, 2.24) is 14.5 Å². The SMILES string of the molecule is Cc1nc2cnc(Cl)c(Br)c2n1-c1ccccc1. The molecule has 0 saturated carbocycles. The van der Waals surface area contributed by atoms with Gasteiger partial charge in [-0.1, -0.05) is 29.8 Å². The number of hydrogen-bond acceptors (Lipinski definition) is 2. The van der Waals surface area contributed by atoms with Crippen LogP contribution in [-0.4, -0.2) is 14.5 Å². The molecule has 5 heteroatoms. The van der Waals surface area contributed by atoms with Gasteiger partial charge in [0.2, 0.25) is 0 Å². The van der Waals surface area contributed by atoms with Crippen LogP contribution in [0.25, 0.3) is 16.7 Å². The third-order valence-corrected chi connectivity index (χ3v) is 4.04. The van der Waals surface area contributed by atoms with Gasteiger partial charge in [0.1, 0.15) is 16.5 Å². The summed E-state index contributed by atoms with van der Waals surface area (Å²) in [6.07, 6.45) is 1.69. The molecule has 0 aliphatic carbocycles.